The smallest absolute Gasteiger partial charge is 0.0497 e. The summed E-state index contributed by atoms with van der Waals surface area (Å²) < 4.78 is 0. The largest absolute Gasteiger partial charge is 0.271 e. The highest BCUT2D eigenvalue weighted by atomic mass is 15.2. The van der Waals surface area contributed by atoms with Gasteiger partial charge in [-0.2, -0.15) is 0 Å². The molecule has 0 spiro atoms. The van der Waals surface area contributed by atoms with Gasteiger partial charge in [0.25, 0.3) is 0 Å². The first-order valence-electron chi connectivity index (χ1n) is 5.24. The van der Waals surface area contributed by atoms with Crippen molar-refractivity contribution in [3.63, 3.8) is 0 Å². The molecule has 3 nitrogen and oxygen atoms in total. The van der Waals surface area contributed by atoms with Crippen LogP contribution in [-0.4, -0.2) is 4.98 Å². The number of aromatic nitrogens is 1. The minimum atomic E-state index is 0.139. The zero-order valence-electron chi connectivity index (χ0n) is 9.83. The Morgan fingerprint density at radius 3 is 2.40 bits per heavy atom. The van der Waals surface area contributed by atoms with Gasteiger partial charge in [-0.15, -0.1) is 6.58 Å². The van der Waals surface area contributed by atoms with E-state index in [1.54, 1.807) is 12.4 Å². The van der Waals surface area contributed by atoms with Crippen LogP contribution >= 0.6 is 0 Å². The Morgan fingerprint density at radius 1 is 1.47 bits per heavy atom. The molecule has 1 heterocycles. The van der Waals surface area contributed by atoms with Crippen molar-refractivity contribution in [2.75, 3.05) is 0 Å². The van der Waals surface area contributed by atoms with Gasteiger partial charge in [0.15, 0.2) is 0 Å². The van der Waals surface area contributed by atoms with E-state index >= 15 is 0 Å². The summed E-state index contributed by atoms with van der Waals surface area (Å²) in [5, 5.41) is 0. The molecular weight excluding hydrogens is 186 g/mol. The maximum absolute atomic E-state index is 5.44. The van der Waals surface area contributed by atoms with Crippen LogP contribution in [0.15, 0.2) is 36.7 Å². The third-order valence-corrected chi connectivity index (χ3v) is 1.86. The highest BCUT2D eigenvalue weighted by Gasteiger charge is 2.08. The number of pyridine rings is 1. The molecule has 0 radical (unpaired) electrons. The Morgan fingerprint density at radius 2 is 2.00 bits per heavy atom. The lowest BCUT2D eigenvalue weighted by Crippen LogP contribution is -2.28. The molecule has 1 aromatic heterocycles. The Hall–Kier alpha value is -1.19. The third-order valence-electron chi connectivity index (χ3n) is 1.86. The molecule has 3 heteroatoms. The van der Waals surface area contributed by atoms with Gasteiger partial charge < -0.3 is 0 Å². The molecule has 0 saturated carbocycles. The zero-order chi connectivity index (χ0) is 11.7. The van der Waals surface area contributed by atoms with Gasteiger partial charge in [-0.05, 0) is 31.0 Å². The van der Waals surface area contributed by atoms with Crippen LogP contribution in [0.1, 0.15) is 38.8 Å². The molecule has 0 aliphatic carbocycles. The summed E-state index contributed by atoms with van der Waals surface area (Å²) in [6.45, 7) is 9.85. The first kappa shape index (κ1) is 13.8. The maximum atomic E-state index is 5.44. The first-order valence-corrected chi connectivity index (χ1v) is 5.24. The number of nitrogens with two attached hydrogens (primary N) is 1. The number of nitrogens with zero attached hydrogens (tertiary/aromatic N) is 1. The zero-order valence-corrected chi connectivity index (χ0v) is 9.83. The highest BCUT2D eigenvalue weighted by molar-refractivity contribution is 5.16. The Kier molecular flexibility index (Phi) is 7.50. The second kappa shape index (κ2) is 8.15. The molecule has 0 bridgehead atoms. The van der Waals surface area contributed by atoms with Crippen LogP contribution in [-0.2, 0) is 0 Å². The molecule has 0 saturated heterocycles. The molecular formula is C12H21N3. The van der Waals surface area contributed by atoms with Crippen molar-refractivity contribution >= 4 is 0 Å². The second-order valence-electron chi connectivity index (χ2n) is 3.16. The number of hydrogen-bond donors (Lipinski definition) is 2. The minimum absolute atomic E-state index is 0.139. The van der Waals surface area contributed by atoms with Crippen molar-refractivity contribution in [3.8, 4) is 0 Å². The van der Waals surface area contributed by atoms with Crippen molar-refractivity contribution in [1.82, 2.24) is 10.4 Å². The van der Waals surface area contributed by atoms with Gasteiger partial charge in [0, 0.05) is 18.4 Å². The van der Waals surface area contributed by atoms with Gasteiger partial charge in [0.05, 0.1) is 0 Å². The lowest BCUT2D eigenvalue weighted by molar-refractivity contribution is 0.550. The van der Waals surface area contributed by atoms with Crippen LogP contribution in [0.3, 0.4) is 0 Å². The molecule has 1 aromatic rings. The monoisotopic (exact) mass is 207 g/mol. The average Bonchev–Trinajstić information content (AvgIpc) is 2.29. The Balaban J connectivity index is 0.000000921. The number of nitrogens with one attached hydrogen (secondary N) is 1. The molecule has 0 aliphatic heterocycles. The van der Waals surface area contributed by atoms with E-state index in [2.05, 4.69) is 17.0 Å². The molecule has 0 aromatic carbocycles. The van der Waals surface area contributed by atoms with Gasteiger partial charge in [0.2, 0.25) is 0 Å². The van der Waals surface area contributed by atoms with E-state index < -0.39 is 0 Å². The summed E-state index contributed by atoms with van der Waals surface area (Å²) in [5.41, 5.74) is 5.01. The van der Waals surface area contributed by atoms with E-state index in [9.17, 15) is 0 Å². The van der Waals surface area contributed by atoms with Crippen molar-refractivity contribution in [2.45, 2.75) is 33.2 Å². The number of rotatable bonds is 4. The normalized spacial score (nSPS) is 11.2. The quantitative estimate of drug-likeness (QED) is 0.453. The predicted octanol–water partition coefficient (Wildman–Crippen LogP) is 2.58. The molecule has 15 heavy (non-hydrogen) atoms. The Labute approximate surface area is 92.4 Å². The van der Waals surface area contributed by atoms with Gasteiger partial charge in [0.1, 0.15) is 0 Å². The molecule has 3 N–H and O–H groups in total. The summed E-state index contributed by atoms with van der Waals surface area (Å²) in [6.07, 6.45) is 4.37. The minimum Gasteiger partial charge on any atom is -0.271 e. The van der Waals surface area contributed by atoms with Crippen molar-refractivity contribution in [2.24, 2.45) is 5.84 Å². The second-order valence-corrected chi connectivity index (χ2v) is 3.16. The maximum Gasteiger partial charge on any atom is 0.0497 e. The van der Waals surface area contributed by atoms with Gasteiger partial charge in [-0.1, -0.05) is 19.4 Å². The Bertz CT molecular complexity index is 269. The van der Waals surface area contributed by atoms with Crippen LogP contribution in [0.4, 0.5) is 0 Å². The fourth-order valence-electron chi connectivity index (χ4n) is 1.22. The molecule has 1 rings (SSSR count). The SMILES string of the molecule is C=C(C)CC(NN)c1ccncc1.CC. The van der Waals surface area contributed by atoms with Crippen molar-refractivity contribution < 1.29 is 0 Å². The molecule has 84 valence electrons. The van der Waals surface area contributed by atoms with E-state index in [1.165, 1.54) is 0 Å². The standard InChI is InChI=1S/C10H15N3.C2H6/c1-8(2)7-10(13-11)9-3-5-12-6-4-9;1-2/h3-6,10,13H,1,7,11H2,2H3;1-2H3. The summed E-state index contributed by atoms with van der Waals surface area (Å²) in [5.74, 6) is 5.44. The average molecular weight is 207 g/mol. The molecule has 0 amide bonds. The topological polar surface area (TPSA) is 50.9 Å². The van der Waals surface area contributed by atoms with E-state index in [4.69, 9.17) is 5.84 Å². The van der Waals surface area contributed by atoms with E-state index in [1.807, 2.05) is 32.9 Å². The summed E-state index contributed by atoms with van der Waals surface area (Å²) in [6, 6.07) is 4.04. The van der Waals surface area contributed by atoms with Crippen LogP contribution in [0, 0.1) is 0 Å². The van der Waals surface area contributed by atoms with Gasteiger partial charge in [-0.3, -0.25) is 16.3 Å². The van der Waals surface area contributed by atoms with E-state index in [0.717, 1.165) is 17.6 Å². The molecule has 0 aliphatic rings. The van der Waals surface area contributed by atoms with Crippen LogP contribution in [0.2, 0.25) is 0 Å². The van der Waals surface area contributed by atoms with Crippen LogP contribution in [0.25, 0.3) is 0 Å². The third kappa shape index (κ3) is 5.30. The van der Waals surface area contributed by atoms with Crippen molar-refractivity contribution in [1.29, 1.82) is 0 Å². The van der Waals surface area contributed by atoms with Crippen LogP contribution < -0.4 is 11.3 Å². The van der Waals surface area contributed by atoms with Crippen molar-refractivity contribution in [3.05, 3.63) is 42.2 Å². The number of hydrazine groups is 1. The summed E-state index contributed by atoms with van der Waals surface area (Å²) in [7, 11) is 0. The predicted molar refractivity (Wildman–Crippen MR) is 65.1 cm³/mol. The number of hydrogen-bond acceptors (Lipinski definition) is 3. The fraction of sp³-hybridized carbons (Fsp3) is 0.417. The molecule has 0 fully saturated rings. The van der Waals surface area contributed by atoms with E-state index in [-0.39, 0.29) is 6.04 Å². The van der Waals surface area contributed by atoms with Gasteiger partial charge >= 0.3 is 0 Å². The fourth-order valence-corrected chi connectivity index (χ4v) is 1.22. The highest BCUT2D eigenvalue weighted by Crippen LogP contribution is 2.17. The van der Waals surface area contributed by atoms with Crippen LogP contribution in [0.5, 0.6) is 0 Å². The molecule has 1 atom stereocenters. The molecule has 1 unspecified atom stereocenters. The summed E-state index contributed by atoms with van der Waals surface area (Å²) >= 11 is 0. The lowest BCUT2D eigenvalue weighted by atomic mass is 10.0. The summed E-state index contributed by atoms with van der Waals surface area (Å²) in [4.78, 5) is 3.95. The lowest BCUT2D eigenvalue weighted by Gasteiger charge is -2.15. The van der Waals surface area contributed by atoms with E-state index in [0.29, 0.717) is 0 Å². The van der Waals surface area contributed by atoms with Gasteiger partial charge in [-0.25, -0.2) is 0 Å². The first-order chi connectivity index (χ1) is 7.24.